The number of hydrogen-bond acceptors (Lipinski definition) is 6. The van der Waals surface area contributed by atoms with E-state index in [1.807, 2.05) is 13.8 Å². The van der Waals surface area contributed by atoms with Crippen molar-refractivity contribution in [1.29, 1.82) is 0 Å². The van der Waals surface area contributed by atoms with Gasteiger partial charge in [-0.1, -0.05) is 13.8 Å². The van der Waals surface area contributed by atoms with Crippen molar-refractivity contribution in [1.82, 2.24) is 4.98 Å². The maximum Gasteiger partial charge on any atom is 0.245 e. The van der Waals surface area contributed by atoms with Crippen LogP contribution in [0.2, 0.25) is 0 Å². The molecule has 1 aliphatic heterocycles. The van der Waals surface area contributed by atoms with Crippen LogP contribution < -0.4 is 11.1 Å². The van der Waals surface area contributed by atoms with Crippen LogP contribution in [0, 0.1) is 11.3 Å². The number of sulfone groups is 1. The van der Waals surface area contributed by atoms with Gasteiger partial charge in [0.05, 0.1) is 18.0 Å². The zero-order valence-corrected chi connectivity index (χ0v) is 14.9. The van der Waals surface area contributed by atoms with Gasteiger partial charge in [-0.15, -0.1) is 0 Å². The number of aromatic nitrogens is 1. The number of ether oxygens (including phenoxy) is 1. The first-order valence-corrected chi connectivity index (χ1v) is 9.85. The van der Waals surface area contributed by atoms with Crippen molar-refractivity contribution in [2.75, 3.05) is 18.2 Å². The van der Waals surface area contributed by atoms with Gasteiger partial charge in [0.2, 0.25) is 5.91 Å². The van der Waals surface area contributed by atoms with Gasteiger partial charge in [0.1, 0.15) is 5.54 Å². The van der Waals surface area contributed by atoms with E-state index in [-0.39, 0.29) is 23.0 Å². The summed E-state index contributed by atoms with van der Waals surface area (Å²) in [5.74, 6) is -0.294. The highest BCUT2D eigenvalue weighted by Crippen LogP contribution is 2.57. The van der Waals surface area contributed by atoms with Gasteiger partial charge in [-0.25, -0.2) is 13.4 Å². The third-order valence-corrected chi connectivity index (χ3v) is 6.44. The largest absolute Gasteiger partial charge is 0.377 e. The third-order valence-electron chi connectivity index (χ3n) is 5.43. The minimum absolute atomic E-state index is 0.00673. The summed E-state index contributed by atoms with van der Waals surface area (Å²) in [6.07, 6.45) is 4.17. The number of pyridine rings is 1. The van der Waals surface area contributed by atoms with E-state index in [2.05, 4.69) is 10.3 Å². The minimum Gasteiger partial charge on any atom is -0.377 e. The van der Waals surface area contributed by atoms with Crippen molar-refractivity contribution in [2.24, 2.45) is 17.1 Å². The molecule has 1 amide bonds. The van der Waals surface area contributed by atoms with Crippen LogP contribution >= 0.6 is 0 Å². The molecule has 1 saturated carbocycles. The van der Waals surface area contributed by atoms with Crippen LogP contribution in [0.25, 0.3) is 0 Å². The maximum absolute atomic E-state index is 12.8. The number of carbonyl (C=O) groups is 1. The fraction of sp³-hybridized carbons (Fsp3) is 0.625. The molecule has 0 bridgehead atoms. The molecule has 3 atom stereocenters. The van der Waals surface area contributed by atoms with E-state index in [1.54, 1.807) is 0 Å². The quantitative estimate of drug-likeness (QED) is 0.837. The normalized spacial score (nSPS) is 31.7. The standard InChI is InChI=1S/C16H23N3O4S/c1-15(2)13-11(5-4-8-23-13)16(15,17)14(20)19-10-6-7-12(18-9-10)24(3,21)22/h6-7,9,11,13H,4-5,8,17H2,1-3H3,(H,19,20). The van der Waals surface area contributed by atoms with Gasteiger partial charge in [-0.3, -0.25) is 4.79 Å². The number of anilines is 1. The van der Waals surface area contributed by atoms with Gasteiger partial charge in [0, 0.05) is 24.2 Å². The predicted molar refractivity (Wildman–Crippen MR) is 89.1 cm³/mol. The Labute approximate surface area is 141 Å². The van der Waals surface area contributed by atoms with E-state index in [9.17, 15) is 13.2 Å². The van der Waals surface area contributed by atoms with Crippen LogP contribution in [0.5, 0.6) is 0 Å². The molecule has 8 heteroatoms. The van der Waals surface area contributed by atoms with Crippen molar-refractivity contribution in [3.8, 4) is 0 Å². The smallest absolute Gasteiger partial charge is 0.245 e. The monoisotopic (exact) mass is 353 g/mol. The van der Waals surface area contributed by atoms with Crippen LogP contribution in [0.4, 0.5) is 5.69 Å². The van der Waals surface area contributed by atoms with Gasteiger partial charge in [0.15, 0.2) is 14.9 Å². The lowest BCUT2D eigenvalue weighted by Gasteiger charge is -2.65. The molecule has 1 aromatic heterocycles. The van der Waals surface area contributed by atoms with Crippen LogP contribution in [-0.4, -0.2) is 43.8 Å². The van der Waals surface area contributed by atoms with Gasteiger partial charge < -0.3 is 15.8 Å². The Morgan fingerprint density at radius 3 is 2.71 bits per heavy atom. The molecule has 24 heavy (non-hydrogen) atoms. The number of amides is 1. The van der Waals surface area contributed by atoms with Crippen molar-refractivity contribution >= 4 is 21.4 Å². The molecule has 1 aliphatic carbocycles. The molecule has 1 saturated heterocycles. The second-order valence-electron chi connectivity index (χ2n) is 7.24. The second kappa shape index (κ2) is 5.50. The summed E-state index contributed by atoms with van der Waals surface area (Å²) in [6, 6.07) is 2.89. The number of rotatable bonds is 3. The summed E-state index contributed by atoms with van der Waals surface area (Å²) in [7, 11) is -3.37. The first kappa shape index (κ1) is 17.3. The molecule has 1 aromatic rings. The molecule has 3 N–H and O–H groups in total. The van der Waals surface area contributed by atoms with Gasteiger partial charge in [-0.2, -0.15) is 0 Å². The Kier molecular flexibility index (Phi) is 3.97. The summed E-state index contributed by atoms with van der Waals surface area (Å²) >= 11 is 0. The Balaban J connectivity index is 1.79. The van der Waals surface area contributed by atoms with Crippen LogP contribution in [0.1, 0.15) is 26.7 Å². The summed E-state index contributed by atoms with van der Waals surface area (Å²) in [4.78, 5) is 16.7. The van der Waals surface area contributed by atoms with Crippen molar-refractivity contribution in [3.63, 3.8) is 0 Å². The number of nitrogens with zero attached hydrogens (tertiary/aromatic N) is 1. The number of nitrogens with one attached hydrogen (secondary N) is 1. The van der Waals surface area contributed by atoms with Crippen LogP contribution in [0.15, 0.2) is 23.4 Å². The molecule has 2 heterocycles. The van der Waals surface area contributed by atoms with Crippen LogP contribution in [-0.2, 0) is 19.4 Å². The highest BCUT2D eigenvalue weighted by atomic mass is 32.2. The maximum atomic E-state index is 12.8. The van der Waals surface area contributed by atoms with Gasteiger partial charge in [0.25, 0.3) is 0 Å². The number of carbonyl (C=O) groups excluding carboxylic acids is 1. The second-order valence-corrected chi connectivity index (χ2v) is 9.20. The Morgan fingerprint density at radius 1 is 1.42 bits per heavy atom. The predicted octanol–water partition coefficient (Wildman–Crippen LogP) is 0.956. The van der Waals surface area contributed by atoms with Crippen molar-refractivity contribution in [3.05, 3.63) is 18.3 Å². The SMILES string of the molecule is CC1(C)C2OCCCC2C1(N)C(=O)Nc1ccc(S(C)(=O)=O)nc1. The lowest BCUT2D eigenvalue weighted by molar-refractivity contribution is -0.222. The highest BCUT2D eigenvalue weighted by Gasteiger charge is 2.70. The zero-order valence-electron chi connectivity index (χ0n) is 14.1. The van der Waals surface area contributed by atoms with E-state index in [4.69, 9.17) is 10.5 Å². The summed E-state index contributed by atoms with van der Waals surface area (Å²) in [5, 5.41) is 2.74. The fourth-order valence-corrected chi connectivity index (χ4v) is 4.50. The summed E-state index contributed by atoms with van der Waals surface area (Å²) in [6.45, 7) is 4.60. The minimum atomic E-state index is -3.37. The molecule has 3 unspecified atom stereocenters. The van der Waals surface area contributed by atoms with E-state index < -0.39 is 20.8 Å². The summed E-state index contributed by atoms with van der Waals surface area (Å²) in [5.41, 5.74) is 5.45. The molecule has 2 aliphatic rings. The van der Waals surface area contributed by atoms with E-state index in [0.29, 0.717) is 12.3 Å². The number of nitrogens with two attached hydrogens (primary N) is 1. The van der Waals surface area contributed by atoms with E-state index in [0.717, 1.165) is 19.1 Å². The first-order valence-electron chi connectivity index (χ1n) is 7.96. The molecule has 2 fully saturated rings. The van der Waals surface area contributed by atoms with Crippen molar-refractivity contribution < 1.29 is 17.9 Å². The molecule has 3 rings (SSSR count). The summed E-state index contributed by atoms with van der Waals surface area (Å²) < 4.78 is 28.7. The Hall–Kier alpha value is -1.51. The fourth-order valence-electron chi connectivity index (χ4n) is 3.94. The first-order chi connectivity index (χ1) is 11.1. The van der Waals surface area contributed by atoms with E-state index in [1.165, 1.54) is 18.3 Å². The molecule has 0 radical (unpaired) electrons. The van der Waals surface area contributed by atoms with Crippen LogP contribution in [0.3, 0.4) is 0 Å². The molecular formula is C16H23N3O4S. The average Bonchev–Trinajstić information content (AvgIpc) is 2.53. The third kappa shape index (κ3) is 2.44. The average molecular weight is 353 g/mol. The van der Waals surface area contributed by atoms with E-state index >= 15 is 0 Å². The van der Waals surface area contributed by atoms with Crippen molar-refractivity contribution in [2.45, 2.75) is 43.4 Å². The number of hydrogen-bond donors (Lipinski definition) is 2. The molecule has 0 aromatic carbocycles. The molecular weight excluding hydrogens is 330 g/mol. The highest BCUT2D eigenvalue weighted by molar-refractivity contribution is 7.90. The Bertz CT molecular complexity index is 760. The molecule has 132 valence electrons. The van der Waals surface area contributed by atoms with Gasteiger partial charge >= 0.3 is 0 Å². The molecule has 7 nitrogen and oxygen atoms in total. The lowest BCUT2D eigenvalue weighted by Crippen LogP contribution is -2.81. The topological polar surface area (TPSA) is 111 Å². The zero-order chi connectivity index (χ0) is 17.8. The molecule has 0 spiro atoms. The lowest BCUT2D eigenvalue weighted by atomic mass is 9.46. The van der Waals surface area contributed by atoms with Gasteiger partial charge in [-0.05, 0) is 25.0 Å². The Morgan fingerprint density at radius 2 is 2.12 bits per heavy atom. The number of fused-ring (bicyclic) bond motifs is 1.